The first-order chi connectivity index (χ1) is 4.83. The van der Waals surface area contributed by atoms with E-state index >= 15 is 0 Å². The van der Waals surface area contributed by atoms with Gasteiger partial charge in [0, 0.05) is 6.04 Å². The van der Waals surface area contributed by atoms with Crippen LogP contribution in [0.15, 0.2) is 11.5 Å². The smallest absolute Gasteiger partial charge is 0.107 e. The molecule has 10 heavy (non-hydrogen) atoms. The van der Waals surface area contributed by atoms with E-state index in [9.17, 15) is 0 Å². The van der Waals surface area contributed by atoms with Crippen molar-refractivity contribution in [3.05, 3.63) is 11.5 Å². The summed E-state index contributed by atoms with van der Waals surface area (Å²) in [5.41, 5.74) is 6.39. The molecule has 1 unspecified atom stereocenters. The highest BCUT2D eigenvalue weighted by molar-refractivity contribution is 6.21. The second-order valence-electron chi connectivity index (χ2n) is 2.63. The van der Waals surface area contributed by atoms with Gasteiger partial charge in [0.2, 0.25) is 0 Å². The molecule has 3 N–H and O–H groups in total. The van der Waals surface area contributed by atoms with E-state index in [2.05, 4.69) is 11.4 Å². The maximum absolute atomic E-state index is 5.64. The Kier molecular flexibility index (Phi) is 2.96. The van der Waals surface area contributed by atoms with Crippen LogP contribution < -0.4 is 11.1 Å². The minimum absolute atomic E-state index is 0.416. The Morgan fingerprint density at radius 3 is 3.20 bits per heavy atom. The summed E-state index contributed by atoms with van der Waals surface area (Å²) in [6.07, 6.45) is 4.03. The van der Waals surface area contributed by atoms with E-state index in [-0.39, 0.29) is 0 Å². The average Bonchev–Trinajstić information content (AvgIpc) is 1.88. The van der Waals surface area contributed by atoms with Gasteiger partial charge < -0.3 is 11.1 Å². The first-order valence-corrected chi connectivity index (χ1v) is 3.72. The Balaban J connectivity index is 2.38. The highest BCUT2D eigenvalue weighted by Gasteiger charge is 2.07. The van der Waals surface area contributed by atoms with Crippen LogP contribution in [0.1, 0.15) is 12.8 Å². The molecule has 0 amide bonds. The predicted octanol–water partition coefficient (Wildman–Crippen LogP) is -0.250. The molecular weight excluding hydrogens is 123 g/mol. The van der Waals surface area contributed by atoms with Gasteiger partial charge in [-0.05, 0) is 25.9 Å². The zero-order chi connectivity index (χ0) is 7.40. The summed E-state index contributed by atoms with van der Waals surface area (Å²) < 4.78 is 0. The van der Waals surface area contributed by atoms with Crippen LogP contribution in [0.5, 0.6) is 0 Å². The second kappa shape index (κ2) is 3.79. The van der Waals surface area contributed by atoms with Crippen LogP contribution in [0.4, 0.5) is 0 Å². The van der Waals surface area contributed by atoms with Crippen molar-refractivity contribution >= 4 is 7.85 Å². The first-order valence-electron chi connectivity index (χ1n) is 3.72. The average molecular weight is 136 g/mol. The molecule has 0 saturated heterocycles. The maximum Gasteiger partial charge on any atom is 0.107 e. The molecule has 0 bridgehead atoms. The molecule has 2 nitrogen and oxygen atoms in total. The van der Waals surface area contributed by atoms with Gasteiger partial charge in [-0.3, -0.25) is 0 Å². The lowest BCUT2D eigenvalue weighted by Gasteiger charge is -2.20. The van der Waals surface area contributed by atoms with Gasteiger partial charge in [-0.25, -0.2) is 0 Å². The fraction of sp³-hybridized carbons (Fsp3) is 0.714. The van der Waals surface area contributed by atoms with E-state index in [1.165, 1.54) is 0 Å². The monoisotopic (exact) mass is 136 g/mol. The molecule has 1 heterocycles. The molecule has 0 aliphatic carbocycles. The molecule has 1 rings (SSSR count). The minimum atomic E-state index is 0.416. The molecule has 1 atom stereocenters. The highest BCUT2D eigenvalue weighted by Crippen LogP contribution is 2.05. The van der Waals surface area contributed by atoms with Gasteiger partial charge in [-0.15, -0.1) is 5.47 Å². The van der Waals surface area contributed by atoms with E-state index in [0.717, 1.165) is 31.4 Å². The third-order valence-electron chi connectivity index (χ3n) is 1.71. The summed E-state index contributed by atoms with van der Waals surface area (Å²) in [4.78, 5) is 0. The van der Waals surface area contributed by atoms with Crippen LogP contribution in [-0.2, 0) is 0 Å². The lowest BCUT2D eigenvalue weighted by atomic mass is 9.87. The molecule has 54 valence electrons. The van der Waals surface area contributed by atoms with Crippen molar-refractivity contribution in [3.63, 3.8) is 0 Å². The number of nitrogens with one attached hydrogen (secondary N) is 1. The molecule has 0 aromatic carbocycles. The number of hydrogen-bond donors (Lipinski definition) is 2. The molecule has 0 aromatic heterocycles. The summed E-state index contributed by atoms with van der Waals surface area (Å²) in [6.45, 7) is 1.72. The van der Waals surface area contributed by atoms with Gasteiger partial charge >= 0.3 is 0 Å². The van der Waals surface area contributed by atoms with E-state index in [4.69, 9.17) is 13.6 Å². The minimum Gasteiger partial charge on any atom is -0.330 e. The second-order valence-corrected chi connectivity index (χ2v) is 2.63. The van der Waals surface area contributed by atoms with E-state index in [1.807, 2.05) is 0 Å². The number of hydrogen-bond acceptors (Lipinski definition) is 2. The van der Waals surface area contributed by atoms with Crippen LogP contribution in [-0.4, -0.2) is 27.0 Å². The normalized spacial score (nSPS) is 26.1. The Labute approximate surface area is 63.3 Å². The highest BCUT2D eigenvalue weighted by atomic mass is 14.9. The Morgan fingerprint density at radius 2 is 2.60 bits per heavy atom. The zero-order valence-electron chi connectivity index (χ0n) is 6.14. The molecule has 0 aromatic rings. The summed E-state index contributed by atoms with van der Waals surface area (Å²) in [5, 5.41) is 3.31. The summed E-state index contributed by atoms with van der Waals surface area (Å²) >= 11 is 0. The molecule has 1 aliphatic heterocycles. The zero-order valence-corrected chi connectivity index (χ0v) is 6.14. The summed E-state index contributed by atoms with van der Waals surface area (Å²) in [7, 11) is 5.64. The van der Waals surface area contributed by atoms with Crippen molar-refractivity contribution in [1.29, 1.82) is 0 Å². The predicted molar refractivity (Wildman–Crippen MR) is 43.9 cm³/mol. The Morgan fingerprint density at radius 1 is 1.80 bits per heavy atom. The van der Waals surface area contributed by atoms with Crippen molar-refractivity contribution < 1.29 is 0 Å². The standard InChI is InChI=1S/C7H13BN2/c8-6-2-4-10-7(5-6)1-3-9/h5,7,10H,1-4,9H2. The van der Waals surface area contributed by atoms with Crippen LogP contribution in [0.25, 0.3) is 0 Å². The van der Waals surface area contributed by atoms with Gasteiger partial charge in [-0.2, -0.15) is 0 Å². The summed E-state index contributed by atoms with van der Waals surface area (Å²) in [6, 6.07) is 0.416. The molecule has 0 fully saturated rings. The van der Waals surface area contributed by atoms with Gasteiger partial charge in [0.15, 0.2) is 0 Å². The van der Waals surface area contributed by atoms with Gasteiger partial charge in [0.05, 0.1) is 0 Å². The Bertz CT molecular complexity index is 134. The van der Waals surface area contributed by atoms with Crippen molar-refractivity contribution in [1.82, 2.24) is 5.32 Å². The van der Waals surface area contributed by atoms with Gasteiger partial charge in [0.25, 0.3) is 0 Å². The van der Waals surface area contributed by atoms with Crippen LogP contribution in [0, 0.1) is 0 Å². The van der Waals surface area contributed by atoms with Crippen LogP contribution in [0.2, 0.25) is 0 Å². The molecule has 1 aliphatic rings. The first kappa shape index (κ1) is 7.83. The lowest BCUT2D eigenvalue weighted by Crippen LogP contribution is -2.34. The fourth-order valence-corrected chi connectivity index (χ4v) is 1.17. The molecule has 0 spiro atoms. The largest absolute Gasteiger partial charge is 0.330 e. The Hall–Kier alpha value is -0.275. The molecule has 0 saturated carbocycles. The van der Waals surface area contributed by atoms with E-state index in [1.54, 1.807) is 0 Å². The maximum atomic E-state index is 5.64. The summed E-state index contributed by atoms with van der Waals surface area (Å²) in [5.74, 6) is 0. The van der Waals surface area contributed by atoms with Crippen molar-refractivity contribution in [2.24, 2.45) is 5.73 Å². The van der Waals surface area contributed by atoms with E-state index < -0.39 is 0 Å². The third-order valence-corrected chi connectivity index (χ3v) is 1.71. The lowest BCUT2D eigenvalue weighted by molar-refractivity contribution is 0.544. The topological polar surface area (TPSA) is 38.0 Å². The van der Waals surface area contributed by atoms with Crippen molar-refractivity contribution in [3.8, 4) is 0 Å². The molecular formula is C7H13BN2. The molecule has 3 heteroatoms. The van der Waals surface area contributed by atoms with Crippen molar-refractivity contribution in [2.45, 2.75) is 18.9 Å². The van der Waals surface area contributed by atoms with Gasteiger partial charge in [0.1, 0.15) is 7.85 Å². The SMILES string of the molecule is [B]C1=CC(CCN)NCC1. The number of rotatable bonds is 2. The number of nitrogens with two attached hydrogens (primary N) is 1. The third kappa shape index (κ3) is 2.16. The molecule has 2 radical (unpaired) electrons. The van der Waals surface area contributed by atoms with E-state index in [0.29, 0.717) is 6.04 Å². The van der Waals surface area contributed by atoms with Crippen LogP contribution >= 0.6 is 0 Å². The van der Waals surface area contributed by atoms with Crippen molar-refractivity contribution in [2.75, 3.05) is 13.1 Å². The fourth-order valence-electron chi connectivity index (χ4n) is 1.17. The quantitative estimate of drug-likeness (QED) is 0.513. The van der Waals surface area contributed by atoms with Gasteiger partial charge in [-0.1, -0.05) is 6.08 Å². The van der Waals surface area contributed by atoms with Crippen LogP contribution in [0.3, 0.4) is 0 Å².